The molecular weight excluding hydrogens is 206 g/mol. The number of benzene rings is 1. The second kappa shape index (κ2) is 8.30. The fraction of sp³-hybridized carbons (Fsp3) is 0.625. The zero-order valence-corrected chi connectivity index (χ0v) is 11.6. The molecule has 0 fully saturated rings. The largest absolute Gasteiger partial charge is 0.313 e. The number of rotatable bonds is 8. The van der Waals surface area contributed by atoms with Crippen molar-refractivity contribution in [3.63, 3.8) is 0 Å². The van der Waals surface area contributed by atoms with Gasteiger partial charge in [-0.1, -0.05) is 64.3 Å². The van der Waals surface area contributed by atoms with Crippen LogP contribution in [0.3, 0.4) is 0 Å². The molecule has 0 aliphatic heterocycles. The lowest BCUT2D eigenvalue weighted by molar-refractivity contribution is 0.598. The van der Waals surface area contributed by atoms with Crippen LogP contribution in [0.25, 0.3) is 0 Å². The van der Waals surface area contributed by atoms with Crippen molar-refractivity contribution in [2.75, 3.05) is 6.54 Å². The van der Waals surface area contributed by atoms with Gasteiger partial charge in [-0.15, -0.1) is 0 Å². The van der Waals surface area contributed by atoms with Crippen molar-refractivity contribution >= 4 is 0 Å². The van der Waals surface area contributed by atoms with Crippen molar-refractivity contribution < 1.29 is 0 Å². The van der Waals surface area contributed by atoms with Crippen molar-refractivity contribution in [1.29, 1.82) is 0 Å². The zero-order chi connectivity index (χ0) is 12.5. The normalized spacial score (nSPS) is 11.1. The van der Waals surface area contributed by atoms with Gasteiger partial charge in [-0.3, -0.25) is 0 Å². The molecule has 0 radical (unpaired) electrons. The van der Waals surface area contributed by atoms with Gasteiger partial charge in [-0.05, 0) is 30.0 Å². The summed E-state index contributed by atoms with van der Waals surface area (Å²) < 4.78 is 0. The molecule has 1 heteroatoms. The molecule has 0 aromatic heterocycles. The summed E-state index contributed by atoms with van der Waals surface area (Å²) in [4.78, 5) is 0. The maximum Gasteiger partial charge on any atom is 0.0205 e. The molecule has 1 aromatic carbocycles. The van der Waals surface area contributed by atoms with Gasteiger partial charge in [-0.25, -0.2) is 0 Å². The number of hydrogen-bond donors (Lipinski definition) is 1. The van der Waals surface area contributed by atoms with Crippen molar-refractivity contribution in [3.8, 4) is 0 Å². The van der Waals surface area contributed by atoms with Crippen molar-refractivity contribution in [2.45, 2.75) is 58.9 Å². The Balaban J connectivity index is 2.19. The predicted molar refractivity (Wildman–Crippen MR) is 76.4 cm³/mol. The average Bonchev–Trinajstić information content (AvgIpc) is 2.34. The Labute approximate surface area is 107 Å². The first-order valence-electron chi connectivity index (χ1n) is 7.03. The molecule has 0 heterocycles. The smallest absolute Gasteiger partial charge is 0.0205 e. The van der Waals surface area contributed by atoms with Gasteiger partial charge in [0.05, 0.1) is 0 Å². The molecule has 1 aromatic rings. The molecule has 96 valence electrons. The Morgan fingerprint density at radius 2 is 1.71 bits per heavy atom. The van der Waals surface area contributed by atoms with Crippen LogP contribution in [0.2, 0.25) is 0 Å². The molecule has 0 bridgehead atoms. The lowest BCUT2D eigenvalue weighted by atomic mass is 10.0. The highest BCUT2D eigenvalue weighted by atomic mass is 14.8. The minimum absolute atomic E-state index is 0.631. The Hall–Kier alpha value is -0.820. The first-order valence-corrected chi connectivity index (χ1v) is 7.03. The second-order valence-electron chi connectivity index (χ2n) is 5.13. The minimum Gasteiger partial charge on any atom is -0.313 e. The standard InChI is InChI=1S/C16H27N/c1-4-5-6-7-12-17-13-15-8-10-16(11-9-15)14(2)3/h8-11,14,17H,4-7,12-13H2,1-3H3. The minimum atomic E-state index is 0.631. The first kappa shape index (κ1) is 14.2. The molecule has 0 saturated heterocycles. The molecule has 0 unspecified atom stereocenters. The maximum absolute atomic E-state index is 3.51. The summed E-state index contributed by atoms with van der Waals surface area (Å²) in [5, 5.41) is 3.51. The summed E-state index contributed by atoms with van der Waals surface area (Å²) in [5.41, 5.74) is 2.82. The van der Waals surface area contributed by atoms with Crippen LogP contribution in [0.15, 0.2) is 24.3 Å². The van der Waals surface area contributed by atoms with Gasteiger partial charge < -0.3 is 5.32 Å². The molecule has 0 spiro atoms. The number of hydrogen-bond acceptors (Lipinski definition) is 1. The van der Waals surface area contributed by atoms with Crippen LogP contribution in [0.1, 0.15) is 63.5 Å². The summed E-state index contributed by atoms with van der Waals surface area (Å²) >= 11 is 0. The third-order valence-electron chi connectivity index (χ3n) is 3.18. The van der Waals surface area contributed by atoms with Gasteiger partial charge in [0.2, 0.25) is 0 Å². The maximum atomic E-state index is 3.51. The molecular formula is C16H27N. The summed E-state index contributed by atoms with van der Waals surface area (Å²) in [6.45, 7) is 8.88. The van der Waals surface area contributed by atoms with Gasteiger partial charge in [0.25, 0.3) is 0 Å². The second-order valence-corrected chi connectivity index (χ2v) is 5.13. The van der Waals surface area contributed by atoms with Gasteiger partial charge in [-0.2, -0.15) is 0 Å². The van der Waals surface area contributed by atoms with Gasteiger partial charge in [0, 0.05) is 6.54 Å². The van der Waals surface area contributed by atoms with Gasteiger partial charge in [0.1, 0.15) is 0 Å². The van der Waals surface area contributed by atoms with Crippen LogP contribution < -0.4 is 5.32 Å². The van der Waals surface area contributed by atoms with E-state index in [1.807, 2.05) is 0 Å². The topological polar surface area (TPSA) is 12.0 Å². The van der Waals surface area contributed by atoms with Crippen molar-refractivity contribution in [2.24, 2.45) is 0 Å². The lowest BCUT2D eigenvalue weighted by Gasteiger charge is -2.08. The molecule has 0 amide bonds. The monoisotopic (exact) mass is 233 g/mol. The average molecular weight is 233 g/mol. The molecule has 1 rings (SSSR count). The zero-order valence-electron chi connectivity index (χ0n) is 11.6. The molecule has 0 atom stereocenters. The Kier molecular flexibility index (Phi) is 6.95. The quantitative estimate of drug-likeness (QED) is 0.653. The SMILES string of the molecule is CCCCCCNCc1ccc(C(C)C)cc1. The molecule has 1 N–H and O–H groups in total. The van der Waals surface area contributed by atoms with E-state index in [9.17, 15) is 0 Å². The summed E-state index contributed by atoms with van der Waals surface area (Å²) in [6.07, 6.45) is 5.34. The van der Waals surface area contributed by atoms with Crippen LogP contribution in [0.5, 0.6) is 0 Å². The number of nitrogens with one attached hydrogen (secondary N) is 1. The van der Waals surface area contributed by atoms with Crippen LogP contribution in [-0.2, 0) is 6.54 Å². The highest BCUT2D eigenvalue weighted by molar-refractivity contribution is 5.24. The van der Waals surface area contributed by atoms with Gasteiger partial charge >= 0.3 is 0 Å². The van der Waals surface area contributed by atoms with Gasteiger partial charge in [0.15, 0.2) is 0 Å². The fourth-order valence-electron chi connectivity index (χ4n) is 1.93. The van der Waals surface area contributed by atoms with E-state index in [1.54, 1.807) is 0 Å². The van der Waals surface area contributed by atoms with E-state index in [1.165, 1.54) is 36.8 Å². The summed E-state index contributed by atoms with van der Waals surface area (Å²) in [7, 11) is 0. The van der Waals surface area contributed by atoms with E-state index in [-0.39, 0.29) is 0 Å². The molecule has 0 saturated carbocycles. The number of unbranched alkanes of at least 4 members (excludes halogenated alkanes) is 3. The molecule has 17 heavy (non-hydrogen) atoms. The molecule has 0 aliphatic rings. The Bertz CT molecular complexity index is 287. The summed E-state index contributed by atoms with van der Waals surface area (Å²) in [5.74, 6) is 0.631. The highest BCUT2D eigenvalue weighted by Gasteiger charge is 1.98. The third-order valence-corrected chi connectivity index (χ3v) is 3.18. The van der Waals surface area contributed by atoms with E-state index < -0.39 is 0 Å². The Morgan fingerprint density at radius 3 is 2.29 bits per heavy atom. The van der Waals surface area contributed by atoms with Crippen LogP contribution in [0, 0.1) is 0 Å². The molecule has 1 nitrogen and oxygen atoms in total. The van der Waals surface area contributed by atoms with Crippen LogP contribution >= 0.6 is 0 Å². The molecule has 0 aliphatic carbocycles. The van der Waals surface area contributed by atoms with Crippen LogP contribution in [0.4, 0.5) is 0 Å². The predicted octanol–water partition coefficient (Wildman–Crippen LogP) is 4.48. The third kappa shape index (κ3) is 5.88. The van der Waals surface area contributed by atoms with E-state index in [4.69, 9.17) is 0 Å². The highest BCUT2D eigenvalue weighted by Crippen LogP contribution is 2.14. The van der Waals surface area contributed by atoms with E-state index in [0.717, 1.165) is 13.1 Å². The van der Waals surface area contributed by atoms with Crippen molar-refractivity contribution in [1.82, 2.24) is 5.32 Å². The Morgan fingerprint density at radius 1 is 1.00 bits per heavy atom. The fourth-order valence-corrected chi connectivity index (χ4v) is 1.93. The lowest BCUT2D eigenvalue weighted by Crippen LogP contribution is -2.14. The first-order chi connectivity index (χ1) is 8.24. The summed E-state index contributed by atoms with van der Waals surface area (Å²) in [6, 6.07) is 8.99. The van der Waals surface area contributed by atoms with E-state index >= 15 is 0 Å². The van der Waals surface area contributed by atoms with Crippen LogP contribution in [-0.4, -0.2) is 6.54 Å². The van der Waals surface area contributed by atoms with Crippen molar-refractivity contribution in [3.05, 3.63) is 35.4 Å². The van der Waals surface area contributed by atoms with E-state index in [0.29, 0.717) is 5.92 Å². The van der Waals surface area contributed by atoms with E-state index in [2.05, 4.69) is 50.4 Å².